The summed E-state index contributed by atoms with van der Waals surface area (Å²) in [7, 11) is 1.92. The first-order valence-electron chi connectivity index (χ1n) is 5.98. The number of rotatable bonds is 4. The summed E-state index contributed by atoms with van der Waals surface area (Å²) in [5, 5.41) is 0. The Labute approximate surface area is 112 Å². The number of benzene rings is 1. The standard InChI is InChI=1S/C15H16N2O2/c1-11(2)15(18)19-10-13-9-17(3)14(16-13)12-7-5-4-6-8-12/h4-9H,1,10H2,2-3H3. The highest BCUT2D eigenvalue weighted by Crippen LogP contribution is 2.17. The van der Waals surface area contributed by atoms with Crippen LogP contribution in [0.5, 0.6) is 0 Å². The molecule has 4 heteroatoms. The van der Waals surface area contributed by atoms with Gasteiger partial charge in [0.15, 0.2) is 0 Å². The maximum atomic E-state index is 11.3. The molecule has 1 heterocycles. The predicted octanol–water partition coefficient (Wildman–Crippen LogP) is 2.71. The van der Waals surface area contributed by atoms with Crippen molar-refractivity contribution in [1.82, 2.24) is 9.55 Å². The zero-order chi connectivity index (χ0) is 13.8. The minimum absolute atomic E-state index is 0.159. The number of carbonyl (C=O) groups excluding carboxylic acids is 1. The number of hydrogen-bond acceptors (Lipinski definition) is 3. The Morgan fingerprint density at radius 3 is 2.68 bits per heavy atom. The van der Waals surface area contributed by atoms with Gasteiger partial charge in [0.25, 0.3) is 0 Å². The van der Waals surface area contributed by atoms with E-state index < -0.39 is 5.97 Å². The molecular formula is C15H16N2O2. The number of aromatic nitrogens is 2. The third kappa shape index (κ3) is 3.10. The van der Waals surface area contributed by atoms with Gasteiger partial charge in [0.2, 0.25) is 0 Å². The molecule has 0 N–H and O–H groups in total. The molecule has 0 saturated carbocycles. The minimum Gasteiger partial charge on any atom is -0.456 e. The van der Waals surface area contributed by atoms with Crippen LogP contribution < -0.4 is 0 Å². The van der Waals surface area contributed by atoms with Gasteiger partial charge < -0.3 is 9.30 Å². The van der Waals surface area contributed by atoms with Crippen molar-refractivity contribution in [2.75, 3.05) is 0 Å². The maximum Gasteiger partial charge on any atom is 0.333 e. The van der Waals surface area contributed by atoms with Gasteiger partial charge in [-0.1, -0.05) is 36.9 Å². The molecule has 2 rings (SSSR count). The fourth-order valence-corrected chi connectivity index (χ4v) is 1.72. The summed E-state index contributed by atoms with van der Waals surface area (Å²) < 4.78 is 7.00. The molecule has 0 atom stereocenters. The van der Waals surface area contributed by atoms with E-state index in [0.29, 0.717) is 5.57 Å². The van der Waals surface area contributed by atoms with Crippen LogP contribution in [-0.2, 0) is 23.2 Å². The Morgan fingerprint density at radius 2 is 2.05 bits per heavy atom. The van der Waals surface area contributed by atoms with Crippen LogP contribution in [-0.4, -0.2) is 15.5 Å². The molecule has 0 radical (unpaired) electrons. The molecular weight excluding hydrogens is 240 g/mol. The minimum atomic E-state index is -0.396. The topological polar surface area (TPSA) is 44.1 Å². The van der Waals surface area contributed by atoms with E-state index in [9.17, 15) is 4.79 Å². The number of imidazole rings is 1. The molecule has 0 unspecified atom stereocenters. The smallest absolute Gasteiger partial charge is 0.333 e. The molecule has 0 amide bonds. The van der Waals surface area contributed by atoms with E-state index in [1.807, 2.05) is 48.1 Å². The van der Waals surface area contributed by atoms with Gasteiger partial charge in [-0.25, -0.2) is 9.78 Å². The first-order chi connectivity index (χ1) is 9.08. The van der Waals surface area contributed by atoms with E-state index in [1.165, 1.54) is 0 Å². The summed E-state index contributed by atoms with van der Waals surface area (Å²) in [5.74, 6) is 0.453. The number of ether oxygens (including phenoxy) is 1. The third-order valence-corrected chi connectivity index (χ3v) is 2.66. The lowest BCUT2D eigenvalue weighted by atomic mass is 10.2. The first kappa shape index (κ1) is 13.1. The normalized spacial score (nSPS) is 10.2. The summed E-state index contributed by atoms with van der Waals surface area (Å²) in [6, 6.07) is 9.87. The molecule has 0 spiro atoms. The number of nitrogens with zero attached hydrogens (tertiary/aromatic N) is 2. The van der Waals surface area contributed by atoms with E-state index in [2.05, 4.69) is 11.6 Å². The zero-order valence-corrected chi connectivity index (χ0v) is 11.1. The molecule has 0 aliphatic carbocycles. The summed E-state index contributed by atoms with van der Waals surface area (Å²) >= 11 is 0. The highest BCUT2D eigenvalue weighted by Gasteiger charge is 2.09. The molecule has 2 aromatic rings. The van der Waals surface area contributed by atoms with Gasteiger partial charge in [-0.2, -0.15) is 0 Å². The Hall–Kier alpha value is -2.36. The van der Waals surface area contributed by atoms with Gasteiger partial charge in [0, 0.05) is 24.4 Å². The molecule has 4 nitrogen and oxygen atoms in total. The van der Waals surface area contributed by atoms with Gasteiger partial charge >= 0.3 is 5.97 Å². The fraction of sp³-hybridized carbons (Fsp3) is 0.200. The maximum absolute atomic E-state index is 11.3. The number of esters is 1. The molecule has 0 fully saturated rings. The second kappa shape index (κ2) is 5.52. The van der Waals surface area contributed by atoms with Gasteiger partial charge in [-0.3, -0.25) is 0 Å². The lowest BCUT2D eigenvalue weighted by Crippen LogP contribution is -2.04. The van der Waals surface area contributed by atoms with Gasteiger partial charge in [-0.15, -0.1) is 0 Å². The average Bonchev–Trinajstić information content (AvgIpc) is 2.78. The van der Waals surface area contributed by atoms with Crippen molar-refractivity contribution >= 4 is 5.97 Å². The van der Waals surface area contributed by atoms with Crippen LogP contribution in [0.15, 0.2) is 48.7 Å². The van der Waals surface area contributed by atoms with Crippen molar-refractivity contribution in [3.63, 3.8) is 0 Å². The first-order valence-corrected chi connectivity index (χ1v) is 5.98. The monoisotopic (exact) mass is 256 g/mol. The Kier molecular flexibility index (Phi) is 3.80. The molecule has 1 aromatic carbocycles. The van der Waals surface area contributed by atoms with Crippen molar-refractivity contribution in [3.8, 4) is 11.4 Å². The van der Waals surface area contributed by atoms with Crippen molar-refractivity contribution in [2.45, 2.75) is 13.5 Å². The molecule has 1 aromatic heterocycles. The fourth-order valence-electron chi connectivity index (χ4n) is 1.72. The van der Waals surface area contributed by atoms with E-state index in [-0.39, 0.29) is 6.61 Å². The van der Waals surface area contributed by atoms with Crippen molar-refractivity contribution < 1.29 is 9.53 Å². The predicted molar refractivity (Wildman–Crippen MR) is 73.3 cm³/mol. The van der Waals surface area contributed by atoms with E-state index in [4.69, 9.17) is 4.74 Å². The number of hydrogen-bond donors (Lipinski definition) is 0. The van der Waals surface area contributed by atoms with Crippen LogP contribution in [0.4, 0.5) is 0 Å². The van der Waals surface area contributed by atoms with E-state index >= 15 is 0 Å². The van der Waals surface area contributed by atoms with Crippen molar-refractivity contribution in [3.05, 3.63) is 54.4 Å². The number of aryl methyl sites for hydroxylation is 1. The summed E-state index contributed by atoms with van der Waals surface area (Å²) in [6.07, 6.45) is 1.86. The van der Waals surface area contributed by atoms with Crippen LogP contribution in [0.1, 0.15) is 12.6 Å². The van der Waals surface area contributed by atoms with Crippen molar-refractivity contribution in [1.29, 1.82) is 0 Å². The SMILES string of the molecule is C=C(C)C(=O)OCc1cn(C)c(-c2ccccc2)n1. The third-order valence-electron chi connectivity index (χ3n) is 2.66. The summed E-state index contributed by atoms with van der Waals surface area (Å²) in [4.78, 5) is 15.8. The molecule has 0 bridgehead atoms. The largest absolute Gasteiger partial charge is 0.456 e. The van der Waals surface area contributed by atoms with Crippen molar-refractivity contribution in [2.24, 2.45) is 7.05 Å². The second-order valence-electron chi connectivity index (χ2n) is 4.39. The Balaban J connectivity index is 2.14. The summed E-state index contributed by atoms with van der Waals surface area (Å²) in [5.41, 5.74) is 2.14. The van der Waals surface area contributed by atoms with Gasteiger partial charge in [-0.05, 0) is 6.92 Å². The van der Waals surface area contributed by atoms with Crippen LogP contribution in [0.3, 0.4) is 0 Å². The lowest BCUT2D eigenvalue weighted by Gasteiger charge is -2.00. The van der Waals surface area contributed by atoms with E-state index in [1.54, 1.807) is 6.92 Å². The Morgan fingerprint density at radius 1 is 1.37 bits per heavy atom. The van der Waals surface area contributed by atoms with E-state index in [0.717, 1.165) is 17.1 Å². The van der Waals surface area contributed by atoms with Gasteiger partial charge in [0.05, 0.1) is 5.69 Å². The quantitative estimate of drug-likeness (QED) is 0.624. The molecule has 0 aliphatic rings. The zero-order valence-electron chi connectivity index (χ0n) is 11.1. The average molecular weight is 256 g/mol. The number of carbonyl (C=O) groups is 1. The molecule has 98 valence electrons. The second-order valence-corrected chi connectivity index (χ2v) is 4.39. The molecule has 0 aliphatic heterocycles. The van der Waals surface area contributed by atoms with Crippen LogP contribution in [0, 0.1) is 0 Å². The van der Waals surface area contributed by atoms with Crippen LogP contribution >= 0.6 is 0 Å². The molecule has 0 saturated heterocycles. The highest BCUT2D eigenvalue weighted by molar-refractivity contribution is 5.86. The highest BCUT2D eigenvalue weighted by atomic mass is 16.5. The Bertz CT molecular complexity index is 600. The summed E-state index contributed by atoms with van der Waals surface area (Å²) in [6.45, 7) is 5.32. The van der Waals surface area contributed by atoms with Gasteiger partial charge in [0.1, 0.15) is 12.4 Å². The van der Waals surface area contributed by atoms with Crippen LogP contribution in [0.25, 0.3) is 11.4 Å². The van der Waals surface area contributed by atoms with Crippen LogP contribution in [0.2, 0.25) is 0 Å². The lowest BCUT2D eigenvalue weighted by molar-refractivity contribution is -0.140. The molecule has 19 heavy (non-hydrogen) atoms.